The van der Waals surface area contributed by atoms with Crippen molar-refractivity contribution in [2.24, 2.45) is 0 Å². The van der Waals surface area contributed by atoms with Gasteiger partial charge < -0.3 is 15.0 Å². The third kappa shape index (κ3) is 3.55. The van der Waals surface area contributed by atoms with Crippen LogP contribution in [0, 0.1) is 0 Å². The molecule has 1 aromatic carbocycles. The van der Waals surface area contributed by atoms with E-state index < -0.39 is 0 Å². The van der Waals surface area contributed by atoms with Crippen LogP contribution in [0.5, 0.6) is 0 Å². The summed E-state index contributed by atoms with van der Waals surface area (Å²) in [6.45, 7) is 4.96. The molecule has 3 heteroatoms. The summed E-state index contributed by atoms with van der Waals surface area (Å²) in [6.07, 6.45) is 1.46. The van der Waals surface area contributed by atoms with Crippen molar-refractivity contribution < 1.29 is 4.74 Å². The predicted molar refractivity (Wildman–Crippen MR) is 74.5 cm³/mol. The van der Waals surface area contributed by atoms with Gasteiger partial charge in [-0.05, 0) is 38.6 Å². The number of nitrogens with one attached hydrogen (secondary N) is 1. The number of ether oxygens (including phenoxy) is 1. The molecule has 2 rings (SSSR count). The van der Waals surface area contributed by atoms with Crippen LogP contribution in [0.15, 0.2) is 24.3 Å². The molecule has 2 unspecified atom stereocenters. The Morgan fingerprint density at radius 2 is 2.00 bits per heavy atom. The van der Waals surface area contributed by atoms with Crippen molar-refractivity contribution in [3.05, 3.63) is 35.4 Å². The number of nitrogens with zero attached hydrogens (tertiary/aromatic N) is 1. The summed E-state index contributed by atoms with van der Waals surface area (Å²) >= 11 is 0. The first kappa shape index (κ1) is 13.5. The van der Waals surface area contributed by atoms with Crippen LogP contribution in [0.1, 0.15) is 24.5 Å². The highest BCUT2D eigenvalue weighted by Gasteiger charge is 2.23. The molecule has 1 N–H and O–H groups in total. The van der Waals surface area contributed by atoms with E-state index in [0.29, 0.717) is 12.1 Å². The Labute approximate surface area is 110 Å². The van der Waals surface area contributed by atoms with Gasteiger partial charge in [-0.3, -0.25) is 0 Å². The van der Waals surface area contributed by atoms with Gasteiger partial charge in [0, 0.05) is 25.7 Å². The van der Waals surface area contributed by atoms with Crippen LogP contribution in [0.2, 0.25) is 0 Å². The van der Waals surface area contributed by atoms with Crippen LogP contribution in [-0.2, 0) is 17.8 Å². The third-order valence-electron chi connectivity index (χ3n) is 3.54. The van der Waals surface area contributed by atoms with Crippen molar-refractivity contribution >= 4 is 0 Å². The molecule has 0 spiro atoms. The van der Waals surface area contributed by atoms with E-state index in [9.17, 15) is 0 Å². The Morgan fingerprint density at radius 3 is 2.61 bits per heavy atom. The lowest BCUT2D eigenvalue weighted by molar-refractivity contribution is 0.113. The van der Waals surface area contributed by atoms with Crippen molar-refractivity contribution in [1.29, 1.82) is 0 Å². The quantitative estimate of drug-likeness (QED) is 0.863. The van der Waals surface area contributed by atoms with Crippen molar-refractivity contribution in [2.45, 2.75) is 38.6 Å². The minimum Gasteiger partial charge on any atom is -0.377 e. The van der Waals surface area contributed by atoms with E-state index in [4.69, 9.17) is 4.74 Å². The van der Waals surface area contributed by atoms with Gasteiger partial charge in [-0.2, -0.15) is 0 Å². The molecular formula is C15H24N2O. The number of hydrogen-bond donors (Lipinski definition) is 1. The maximum atomic E-state index is 5.58. The smallest absolute Gasteiger partial charge is 0.0700 e. The topological polar surface area (TPSA) is 24.5 Å². The molecule has 0 radical (unpaired) electrons. The molecule has 1 heterocycles. The fourth-order valence-corrected chi connectivity index (χ4v) is 2.47. The molecule has 1 saturated heterocycles. The summed E-state index contributed by atoms with van der Waals surface area (Å²) in [6, 6.07) is 9.16. The molecule has 0 aliphatic carbocycles. The van der Waals surface area contributed by atoms with Gasteiger partial charge in [-0.1, -0.05) is 24.3 Å². The first-order valence-electron chi connectivity index (χ1n) is 6.73. The largest absolute Gasteiger partial charge is 0.377 e. The van der Waals surface area contributed by atoms with E-state index in [1.807, 2.05) is 0 Å². The standard InChI is InChI=1S/C15H24N2O/c1-12-15(8-9-18-12)16-10-13-6-4-5-7-14(13)11-17(2)3/h4-7,12,15-16H,8-11H2,1-3H3. The second-order valence-corrected chi connectivity index (χ2v) is 5.36. The monoisotopic (exact) mass is 248 g/mol. The molecule has 1 fully saturated rings. The Morgan fingerprint density at radius 1 is 1.28 bits per heavy atom. The minimum atomic E-state index is 0.339. The zero-order valence-electron chi connectivity index (χ0n) is 11.6. The SMILES string of the molecule is CC1OCCC1NCc1ccccc1CN(C)C. The fourth-order valence-electron chi connectivity index (χ4n) is 2.47. The van der Waals surface area contributed by atoms with E-state index in [-0.39, 0.29) is 0 Å². The van der Waals surface area contributed by atoms with Gasteiger partial charge in [0.05, 0.1) is 6.10 Å². The molecule has 0 saturated carbocycles. The first-order valence-corrected chi connectivity index (χ1v) is 6.73. The fraction of sp³-hybridized carbons (Fsp3) is 0.600. The van der Waals surface area contributed by atoms with Crippen molar-refractivity contribution in [2.75, 3.05) is 20.7 Å². The van der Waals surface area contributed by atoms with Gasteiger partial charge in [0.15, 0.2) is 0 Å². The van der Waals surface area contributed by atoms with E-state index >= 15 is 0 Å². The molecule has 0 amide bonds. The average molecular weight is 248 g/mol. The lowest BCUT2D eigenvalue weighted by atomic mass is 10.1. The molecule has 0 aromatic heterocycles. The van der Waals surface area contributed by atoms with Gasteiger partial charge in [0.25, 0.3) is 0 Å². The van der Waals surface area contributed by atoms with Crippen molar-refractivity contribution in [1.82, 2.24) is 10.2 Å². The van der Waals surface area contributed by atoms with E-state index in [2.05, 4.69) is 55.5 Å². The van der Waals surface area contributed by atoms with Crippen LogP contribution in [0.3, 0.4) is 0 Å². The first-order chi connectivity index (χ1) is 8.66. The molecule has 3 nitrogen and oxygen atoms in total. The van der Waals surface area contributed by atoms with Crippen molar-refractivity contribution in [3.8, 4) is 0 Å². The van der Waals surface area contributed by atoms with Crippen LogP contribution in [0.4, 0.5) is 0 Å². The number of benzene rings is 1. The van der Waals surface area contributed by atoms with Gasteiger partial charge in [-0.25, -0.2) is 0 Å². The highest BCUT2D eigenvalue weighted by atomic mass is 16.5. The molecule has 1 aromatic rings. The molecule has 18 heavy (non-hydrogen) atoms. The van der Waals surface area contributed by atoms with Crippen LogP contribution >= 0.6 is 0 Å². The minimum absolute atomic E-state index is 0.339. The summed E-state index contributed by atoms with van der Waals surface area (Å²) < 4.78 is 5.58. The average Bonchev–Trinajstić information content (AvgIpc) is 2.73. The number of rotatable bonds is 5. The highest BCUT2D eigenvalue weighted by Crippen LogP contribution is 2.15. The number of hydrogen-bond acceptors (Lipinski definition) is 3. The van der Waals surface area contributed by atoms with Gasteiger partial charge in [0.1, 0.15) is 0 Å². The zero-order chi connectivity index (χ0) is 13.0. The Bertz CT molecular complexity index is 379. The maximum absolute atomic E-state index is 5.58. The Balaban J connectivity index is 1.95. The lowest BCUT2D eigenvalue weighted by Crippen LogP contribution is -2.34. The summed E-state index contributed by atoms with van der Waals surface area (Å²) in [5, 5.41) is 3.62. The molecule has 100 valence electrons. The maximum Gasteiger partial charge on any atom is 0.0700 e. The van der Waals surface area contributed by atoms with Gasteiger partial charge >= 0.3 is 0 Å². The van der Waals surface area contributed by atoms with Crippen LogP contribution in [-0.4, -0.2) is 37.7 Å². The summed E-state index contributed by atoms with van der Waals surface area (Å²) in [5.74, 6) is 0. The second-order valence-electron chi connectivity index (χ2n) is 5.36. The third-order valence-corrected chi connectivity index (χ3v) is 3.54. The van der Waals surface area contributed by atoms with E-state index in [1.54, 1.807) is 0 Å². The Hall–Kier alpha value is -0.900. The van der Waals surface area contributed by atoms with Crippen molar-refractivity contribution in [3.63, 3.8) is 0 Å². The lowest BCUT2D eigenvalue weighted by Gasteiger charge is -2.19. The normalized spacial score (nSPS) is 23.8. The van der Waals surface area contributed by atoms with Gasteiger partial charge in [0.2, 0.25) is 0 Å². The van der Waals surface area contributed by atoms with E-state index in [0.717, 1.165) is 26.1 Å². The van der Waals surface area contributed by atoms with Gasteiger partial charge in [-0.15, -0.1) is 0 Å². The molecule has 1 aliphatic rings. The molecule has 0 bridgehead atoms. The van der Waals surface area contributed by atoms with Crippen LogP contribution < -0.4 is 5.32 Å². The summed E-state index contributed by atoms with van der Waals surface area (Å²) in [4.78, 5) is 2.21. The van der Waals surface area contributed by atoms with E-state index in [1.165, 1.54) is 11.1 Å². The molecule has 2 atom stereocenters. The second kappa shape index (κ2) is 6.32. The zero-order valence-corrected chi connectivity index (χ0v) is 11.6. The summed E-state index contributed by atoms with van der Waals surface area (Å²) in [5.41, 5.74) is 2.80. The molecular weight excluding hydrogens is 224 g/mol. The highest BCUT2D eigenvalue weighted by molar-refractivity contribution is 5.27. The predicted octanol–water partition coefficient (Wildman–Crippen LogP) is 2.02. The molecule has 1 aliphatic heterocycles. The summed E-state index contributed by atoms with van der Waals surface area (Å²) in [7, 11) is 4.22. The Kier molecular flexibility index (Phi) is 4.75. The van der Waals surface area contributed by atoms with Crippen LogP contribution in [0.25, 0.3) is 0 Å².